The van der Waals surface area contributed by atoms with Crippen molar-refractivity contribution >= 4 is 6.29 Å². The van der Waals surface area contributed by atoms with Crippen LogP contribution in [0.4, 0.5) is 0 Å². The number of carbonyl (C=O) groups excluding carboxylic acids is 1. The van der Waals surface area contributed by atoms with Crippen LogP contribution in [-0.4, -0.2) is 6.29 Å². The molecule has 1 heteroatoms. The summed E-state index contributed by atoms with van der Waals surface area (Å²) in [5.41, 5.74) is 6.83. The fraction of sp³-hybridized carbons (Fsp3) is 0.350. The summed E-state index contributed by atoms with van der Waals surface area (Å²) < 4.78 is 0. The van der Waals surface area contributed by atoms with E-state index >= 15 is 0 Å². The molecule has 0 N–H and O–H groups in total. The van der Waals surface area contributed by atoms with Crippen LogP contribution in [-0.2, 0) is 0 Å². The van der Waals surface area contributed by atoms with Crippen molar-refractivity contribution in [3.8, 4) is 11.1 Å². The topological polar surface area (TPSA) is 17.1 Å². The van der Waals surface area contributed by atoms with Crippen LogP contribution in [0, 0.1) is 6.92 Å². The van der Waals surface area contributed by atoms with E-state index in [0.29, 0.717) is 11.8 Å². The molecule has 0 saturated carbocycles. The van der Waals surface area contributed by atoms with Crippen LogP contribution in [0.3, 0.4) is 0 Å². The second-order valence-electron chi connectivity index (χ2n) is 6.36. The first-order valence-electron chi connectivity index (χ1n) is 7.64. The third-order valence-corrected chi connectivity index (χ3v) is 3.99. The van der Waals surface area contributed by atoms with Gasteiger partial charge in [0.15, 0.2) is 6.29 Å². The number of hydrogen-bond acceptors (Lipinski definition) is 1. The fourth-order valence-electron chi connectivity index (χ4n) is 2.67. The molecule has 0 heterocycles. The normalized spacial score (nSPS) is 11.2. The van der Waals surface area contributed by atoms with Gasteiger partial charge in [-0.1, -0.05) is 69.7 Å². The predicted octanol–water partition coefficient (Wildman–Crippen LogP) is 5.72. The van der Waals surface area contributed by atoms with E-state index in [-0.39, 0.29) is 0 Å². The number of carbonyl (C=O) groups is 1. The molecule has 2 aromatic rings. The highest BCUT2D eigenvalue weighted by atomic mass is 16.1. The van der Waals surface area contributed by atoms with Gasteiger partial charge in [0.1, 0.15) is 0 Å². The molecule has 0 amide bonds. The van der Waals surface area contributed by atoms with Gasteiger partial charge in [-0.05, 0) is 41.0 Å². The van der Waals surface area contributed by atoms with Gasteiger partial charge in [-0.2, -0.15) is 0 Å². The summed E-state index contributed by atoms with van der Waals surface area (Å²) in [5.74, 6) is 0.943. The zero-order valence-electron chi connectivity index (χ0n) is 13.6. The summed E-state index contributed by atoms with van der Waals surface area (Å²) in [7, 11) is 0. The second-order valence-corrected chi connectivity index (χ2v) is 6.36. The standard InChI is InChI=1S/C20H24O/c1-13(2)16-8-9-18(19(11-16)14(3)4)20-10-15(5)6-7-17(20)12-21/h6-14H,1-5H3. The van der Waals surface area contributed by atoms with E-state index in [2.05, 4.69) is 58.9 Å². The van der Waals surface area contributed by atoms with E-state index < -0.39 is 0 Å². The van der Waals surface area contributed by atoms with Crippen molar-refractivity contribution in [2.75, 3.05) is 0 Å². The summed E-state index contributed by atoms with van der Waals surface area (Å²) in [4.78, 5) is 11.4. The number of benzene rings is 2. The molecule has 110 valence electrons. The zero-order chi connectivity index (χ0) is 15.6. The molecule has 0 radical (unpaired) electrons. The predicted molar refractivity (Wildman–Crippen MR) is 90.2 cm³/mol. The highest BCUT2D eigenvalue weighted by Crippen LogP contribution is 2.34. The molecule has 0 aliphatic rings. The molecule has 0 aromatic heterocycles. The lowest BCUT2D eigenvalue weighted by Crippen LogP contribution is -1.99. The maximum atomic E-state index is 11.4. The van der Waals surface area contributed by atoms with E-state index in [1.54, 1.807) is 0 Å². The summed E-state index contributed by atoms with van der Waals surface area (Å²) in [6.07, 6.45) is 0.954. The molecule has 0 atom stereocenters. The van der Waals surface area contributed by atoms with Gasteiger partial charge >= 0.3 is 0 Å². The molecule has 0 fully saturated rings. The van der Waals surface area contributed by atoms with E-state index in [0.717, 1.165) is 17.4 Å². The summed E-state index contributed by atoms with van der Waals surface area (Å²) in [6, 6.07) is 12.7. The first-order chi connectivity index (χ1) is 9.93. The van der Waals surface area contributed by atoms with Crippen molar-refractivity contribution in [3.05, 3.63) is 58.7 Å². The molecule has 0 spiro atoms. The van der Waals surface area contributed by atoms with Gasteiger partial charge in [0, 0.05) is 5.56 Å². The summed E-state index contributed by atoms with van der Waals surface area (Å²) in [6.45, 7) is 10.9. The maximum Gasteiger partial charge on any atom is 0.150 e. The van der Waals surface area contributed by atoms with Crippen LogP contribution >= 0.6 is 0 Å². The Morgan fingerprint density at radius 1 is 0.857 bits per heavy atom. The monoisotopic (exact) mass is 280 g/mol. The molecule has 21 heavy (non-hydrogen) atoms. The minimum Gasteiger partial charge on any atom is -0.298 e. The lowest BCUT2D eigenvalue weighted by atomic mass is 9.86. The average Bonchev–Trinajstić information content (AvgIpc) is 2.46. The van der Waals surface area contributed by atoms with Gasteiger partial charge in [-0.15, -0.1) is 0 Å². The van der Waals surface area contributed by atoms with Crippen LogP contribution < -0.4 is 0 Å². The third-order valence-electron chi connectivity index (χ3n) is 3.99. The van der Waals surface area contributed by atoms with E-state index in [4.69, 9.17) is 0 Å². The Hall–Kier alpha value is -1.89. The van der Waals surface area contributed by atoms with Crippen LogP contribution in [0.5, 0.6) is 0 Å². The van der Waals surface area contributed by atoms with Crippen molar-refractivity contribution in [1.82, 2.24) is 0 Å². The number of aryl methyl sites for hydroxylation is 1. The Morgan fingerprint density at radius 3 is 2.14 bits per heavy atom. The van der Waals surface area contributed by atoms with Gasteiger partial charge in [-0.25, -0.2) is 0 Å². The smallest absolute Gasteiger partial charge is 0.150 e. The molecule has 0 aliphatic heterocycles. The lowest BCUT2D eigenvalue weighted by Gasteiger charge is -2.18. The van der Waals surface area contributed by atoms with Crippen LogP contribution in [0.1, 0.15) is 66.6 Å². The van der Waals surface area contributed by atoms with Gasteiger partial charge in [0.05, 0.1) is 0 Å². The molecule has 0 saturated heterocycles. The van der Waals surface area contributed by atoms with E-state index in [1.807, 2.05) is 12.1 Å². The molecular weight excluding hydrogens is 256 g/mol. The van der Waals surface area contributed by atoms with Crippen molar-refractivity contribution in [2.24, 2.45) is 0 Å². The fourth-order valence-corrected chi connectivity index (χ4v) is 2.67. The van der Waals surface area contributed by atoms with Crippen LogP contribution in [0.25, 0.3) is 11.1 Å². The Labute approximate surface area is 128 Å². The van der Waals surface area contributed by atoms with Gasteiger partial charge < -0.3 is 0 Å². The minimum absolute atomic E-state index is 0.429. The van der Waals surface area contributed by atoms with Crippen molar-refractivity contribution in [1.29, 1.82) is 0 Å². The quantitative estimate of drug-likeness (QED) is 0.654. The molecular formula is C20H24O. The average molecular weight is 280 g/mol. The Morgan fingerprint density at radius 2 is 1.57 bits per heavy atom. The van der Waals surface area contributed by atoms with E-state index in [9.17, 15) is 4.79 Å². The largest absolute Gasteiger partial charge is 0.298 e. The van der Waals surface area contributed by atoms with Gasteiger partial charge in [0.25, 0.3) is 0 Å². The molecule has 0 aliphatic carbocycles. The lowest BCUT2D eigenvalue weighted by molar-refractivity contribution is 0.112. The molecule has 2 aromatic carbocycles. The number of hydrogen-bond donors (Lipinski definition) is 0. The highest BCUT2D eigenvalue weighted by Gasteiger charge is 2.14. The minimum atomic E-state index is 0.429. The van der Waals surface area contributed by atoms with Crippen LogP contribution in [0.2, 0.25) is 0 Å². The van der Waals surface area contributed by atoms with Crippen molar-refractivity contribution in [2.45, 2.75) is 46.5 Å². The first kappa shape index (κ1) is 15.5. The first-order valence-corrected chi connectivity index (χ1v) is 7.64. The van der Waals surface area contributed by atoms with Crippen molar-refractivity contribution < 1.29 is 4.79 Å². The number of rotatable bonds is 4. The van der Waals surface area contributed by atoms with Crippen LogP contribution in [0.15, 0.2) is 36.4 Å². The van der Waals surface area contributed by atoms with Gasteiger partial charge in [0.2, 0.25) is 0 Å². The SMILES string of the molecule is Cc1ccc(C=O)c(-c2ccc(C(C)C)cc2C(C)C)c1. The van der Waals surface area contributed by atoms with Gasteiger partial charge in [-0.3, -0.25) is 4.79 Å². The Kier molecular flexibility index (Phi) is 4.62. The summed E-state index contributed by atoms with van der Waals surface area (Å²) >= 11 is 0. The van der Waals surface area contributed by atoms with E-state index in [1.165, 1.54) is 22.3 Å². The summed E-state index contributed by atoms with van der Waals surface area (Å²) in [5, 5.41) is 0. The molecule has 0 unspecified atom stereocenters. The molecule has 0 bridgehead atoms. The molecule has 1 nitrogen and oxygen atoms in total. The third kappa shape index (κ3) is 3.24. The maximum absolute atomic E-state index is 11.4. The molecule has 2 rings (SSSR count). The van der Waals surface area contributed by atoms with Crippen molar-refractivity contribution in [3.63, 3.8) is 0 Å². The second kappa shape index (κ2) is 6.26. The Bertz CT molecular complexity index is 651. The Balaban J connectivity index is 2.68. The number of aldehydes is 1. The zero-order valence-corrected chi connectivity index (χ0v) is 13.6. The highest BCUT2D eigenvalue weighted by molar-refractivity contribution is 5.89.